The third kappa shape index (κ3) is 4.19. The van der Waals surface area contributed by atoms with Gasteiger partial charge in [-0.3, -0.25) is 9.10 Å². The van der Waals surface area contributed by atoms with E-state index in [1.54, 1.807) is 30.7 Å². The topological polar surface area (TPSA) is 75.7 Å². The van der Waals surface area contributed by atoms with Gasteiger partial charge in [0.15, 0.2) is 4.91 Å². The predicted molar refractivity (Wildman–Crippen MR) is 118 cm³/mol. The van der Waals surface area contributed by atoms with Crippen LogP contribution in [0.3, 0.4) is 0 Å². The van der Waals surface area contributed by atoms with E-state index in [0.717, 1.165) is 5.56 Å². The van der Waals surface area contributed by atoms with Crippen LogP contribution in [-0.2, 0) is 23.1 Å². The van der Waals surface area contributed by atoms with Gasteiger partial charge in [-0.2, -0.15) is 0 Å². The summed E-state index contributed by atoms with van der Waals surface area (Å²) in [6, 6.07) is 14.5. The number of allylic oxidation sites excluding steroid dienone is 1. The summed E-state index contributed by atoms with van der Waals surface area (Å²) in [5.74, 6) is -0.226. The lowest BCUT2D eigenvalue weighted by Gasteiger charge is -2.29. The first-order valence-electron chi connectivity index (χ1n) is 9.36. The molecule has 3 aromatic rings. The van der Waals surface area contributed by atoms with Crippen LogP contribution in [0, 0.1) is 5.82 Å². The van der Waals surface area contributed by atoms with Crippen molar-refractivity contribution in [3.05, 3.63) is 92.9 Å². The Morgan fingerprint density at radius 1 is 1.06 bits per heavy atom. The minimum Gasteiger partial charge on any atom is -0.497 e. The molecule has 1 aromatic heterocycles. The average Bonchev–Trinajstić information content (AvgIpc) is 3.25. The number of carbonyl (C=O) groups excluding carboxylic acids is 1. The van der Waals surface area contributed by atoms with E-state index in [0.29, 0.717) is 28.4 Å². The minimum atomic E-state index is -4.09. The quantitative estimate of drug-likeness (QED) is 0.564. The molecule has 0 aliphatic carbocycles. The lowest BCUT2D eigenvalue weighted by atomic mass is 10.2. The Labute approximate surface area is 183 Å². The van der Waals surface area contributed by atoms with Crippen molar-refractivity contribution in [2.75, 3.05) is 11.4 Å². The molecule has 0 radical (unpaired) electrons. The van der Waals surface area contributed by atoms with Gasteiger partial charge in [-0.25, -0.2) is 12.8 Å². The first-order valence-corrected chi connectivity index (χ1v) is 11.7. The highest BCUT2D eigenvalue weighted by Crippen LogP contribution is 2.39. The van der Waals surface area contributed by atoms with Crippen LogP contribution in [-0.4, -0.2) is 21.3 Å². The van der Waals surface area contributed by atoms with Crippen molar-refractivity contribution < 1.29 is 22.3 Å². The fourth-order valence-electron chi connectivity index (χ4n) is 3.22. The van der Waals surface area contributed by atoms with Crippen LogP contribution in [0.5, 0.6) is 5.75 Å². The van der Waals surface area contributed by atoms with E-state index in [1.807, 2.05) is 12.1 Å². The predicted octanol–water partition coefficient (Wildman–Crippen LogP) is 4.06. The van der Waals surface area contributed by atoms with Crippen LogP contribution in [0.1, 0.15) is 20.8 Å². The van der Waals surface area contributed by atoms with E-state index < -0.39 is 21.6 Å². The number of nitrogens with zero attached hydrogens (tertiary/aromatic N) is 1. The van der Waals surface area contributed by atoms with E-state index in [9.17, 15) is 17.6 Å². The lowest BCUT2D eigenvalue weighted by molar-refractivity contribution is 0.104. The van der Waals surface area contributed by atoms with E-state index in [-0.39, 0.29) is 11.4 Å². The third-order valence-electron chi connectivity index (χ3n) is 4.85. The highest BCUT2D eigenvalue weighted by molar-refractivity contribution is 7.97. The Hall–Kier alpha value is -3.17. The Morgan fingerprint density at radius 3 is 2.42 bits per heavy atom. The van der Waals surface area contributed by atoms with Gasteiger partial charge in [-0.1, -0.05) is 24.3 Å². The molecule has 4 rings (SSSR count). The molecule has 1 aliphatic heterocycles. The second-order valence-corrected chi connectivity index (χ2v) is 9.59. The van der Waals surface area contributed by atoms with Crippen LogP contribution < -0.4 is 14.4 Å². The standard InChI is InChI=1S/C22H19FN2O4S2/c1-29-18-8-4-15(5-9-18)12-24-13-20-21(26)22-19(10-11-30-22)25(31(20,27)28)14-16-2-6-17(23)7-3-16/h2-11,13,24H,12,14H2,1H3. The van der Waals surface area contributed by atoms with E-state index >= 15 is 0 Å². The van der Waals surface area contributed by atoms with Crippen molar-refractivity contribution in [2.24, 2.45) is 0 Å². The number of fused-ring (bicyclic) bond motifs is 1. The summed E-state index contributed by atoms with van der Waals surface area (Å²) in [6.45, 7) is 0.334. The van der Waals surface area contributed by atoms with Crippen LogP contribution >= 0.6 is 11.3 Å². The Bertz CT molecular complexity index is 1230. The molecule has 6 nitrogen and oxygen atoms in total. The molecule has 0 atom stereocenters. The highest BCUT2D eigenvalue weighted by Gasteiger charge is 2.41. The van der Waals surface area contributed by atoms with Gasteiger partial charge in [0.2, 0.25) is 5.78 Å². The molecule has 0 bridgehead atoms. The summed E-state index contributed by atoms with van der Waals surface area (Å²) in [6.07, 6.45) is 1.25. The summed E-state index contributed by atoms with van der Waals surface area (Å²) in [4.78, 5) is 12.9. The maximum absolute atomic E-state index is 13.3. The number of nitrogens with one attached hydrogen (secondary N) is 1. The number of sulfonamides is 1. The molecule has 0 unspecified atom stereocenters. The highest BCUT2D eigenvalue weighted by atomic mass is 32.2. The van der Waals surface area contributed by atoms with E-state index in [2.05, 4.69) is 5.32 Å². The Balaban J connectivity index is 1.62. The maximum Gasteiger partial charge on any atom is 0.270 e. The van der Waals surface area contributed by atoms with Gasteiger partial charge in [-0.05, 0) is 46.8 Å². The van der Waals surface area contributed by atoms with E-state index in [4.69, 9.17) is 4.74 Å². The summed E-state index contributed by atoms with van der Waals surface area (Å²) in [7, 11) is -2.52. The number of hydrogen-bond donors (Lipinski definition) is 1. The van der Waals surface area contributed by atoms with Crippen molar-refractivity contribution in [1.29, 1.82) is 0 Å². The number of carbonyl (C=O) groups is 1. The molecular formula is C22H19FN2O4S2. The monoisotopic (exact) mass is 458 g/mol. The number of benzene rings is 2. The Morgan fingerprint density at radius 2 is 1.74 bits per heavy atom. The van der Waals surface area contributed by atoms with Crippen LogP contribution in [0.4, 0.5) is 10.1 Å². The molecule has 0 amide bonds. The van der Waals surface area contributed by atoms with Gasteiger partial charge in [0, 0.05) is 12.7 Å². The van der Waals surface area contributed by atoms with Crippen LogP contribution in [0.25, 0.3) is 0 Å². The number of halogens is 1. The summed E-state index contributed by atoms with van der Waals surface area (Å²) < 4.78 is 46.1. The molecular weight excluding hydrogens is 439 g/mol. The van der Waals surface area contributed by atoms with Crippen LogP contribution in [0.15, 0.2) is 71.1 Å². The molecule has 0 saturated carbocycles. The lowest BCUT2D eigenvalue weighted by Crippen LogP contribution is -2.38. The second-order valence-electron chi connectivity index (χ2n) is 6.84. The number of rotatable bonds is 6. The van der Waals surface area contributed by atoms with Crippen molar-refractivity contribution in [3.63, 3.8) is 0 Å². The molecule has 0 spiro atoms. The van der Waals surface area contributed by atoms with Crippen molar-refractivity contribution in [2.45, 2.75) is 13.1 Å². The molecule has 9 heteroatoms. The number of hydrogen-bond acceptors (Lipinski definition) is 6. The molecule has 0 fully saturated rings. The zero-order chi connectivity index (χ0) is 22.0. The van der Waals surface area contributed by atoms with Crippen molar-refractivity contribution in [1.82, 2.24) is 5.32 Å². The number of methoxy groups -OCH3 is 1. The largest absolute Gasteiger partial charge is 0.497 e. The normalized spacial score (nSPS) is 16.3. The zero-order valence-corrected chi connectivity index (χ0v) is 18.2. The first kappa shape index (κ1) is 21.1. The smallest absolute Gasteiger partial charge is 0.270 e. The second kappa shape index (κ2) is 8.52. The van der Waals surface area contributed by atoms with Crippen molar-refractivity contribution >= 4 is 32.8 Å². The van der Waals surface area contributed by atoms with Gasteiger partial charge in [-0.15, -0.1) is 11.3 Å². The van der Waals surface area contributed by atoms with Gasteiger partial charge in [0.25, 0.3) is 10.0 Å². The molecule has 2 aromatic carbocycles. The first-order chi connectivity index (χ1) is 14.9. The summed E-state index contributed by atoms with van der Waals surface area (Å²) >= 11 is 1.19. The van der Waals surface area contributed by atoms with Gasteiger partial charge < -0.3 is 10.1 Å². The molecule has 31 heavy (non-hydrogen) atoms. The summed E-state index contributed by atoms with van der Waals surface area (Å²) in [5, 5.41) is 4.62. The zero-order valence-electron chi connectivity index (χ0n) is 16.5. The fraction of sp³-hybridized carbons (Fsp3) is 0.136. The molecule has 2 heterocycles. The summed E-state index contributed by atoms with van der Waals surface area (Å²) in [5.41, 5.74) is 1.85. The van der Waals surface area contributed by atoms with Crippen LogP contribution in [0.2, 0.25) is 0 Å². The molecule has 160 valence electrons. The fourth-order valence-corrected chi connectivity index (χ4v) is 5.72. The number of ether oxygens (including phenoxy) is 1. The van der Waals surface area contributed by atoms with Crippen molar-refractivity contribution in [3.8, 4) is 5.75 Å². The van der Waals surface area contributed by atoms with Gasteiger partial charge >= 0.3 is 0 Å². The number of thiophene rings is 1. The molecule has 1 N–H and O–H groups in total. The molecule has 0 saturated heterocycles. The Kier molecular flexibility index (Phi) is 5.79. The number of anilines is 1. The minimum absolute atomic E-state index is 0.00452. The third-order valence-corrected chi connectivity index (χ3v) is 7.52. The maximum atomic E-state index is 13.3. The van der Waals surface area contributed by atoms with E-state index in [1.165, 1.54) is 46.1 Å². The molecule has 1 aliphatic rings. The van der Waals surface area contributed by atoms with Gasteiger partial charge in [0.05, 0.1) is 19.3 Å². The number of ketones is 1. The average molecular weight is 459 g/mol. The number of Topliss-reactive ketones (excluding diaryl/α,β-unsaturated/α-hetero) is 1. The SMILES string of the molecule is COc1ccc(CNC=C2C(=O)c3sccc3N(Cc3ccc(F)cc3)S2(=O)=O)cc1. The van der Waals surface area contributed by atoms with Gasteiger partial charge in [0.1, 0.15) is 16.4 Å².